The summed E-state index contributed by atoms with van der Waals surface area (Å²) in [5.74, 6) is 1.12. The SMILES string of the molecule is CC(C)Cc1cc(-c2[c-]cccc2)ncc1[Si](C)(C)C.CC(C)c1ccnc(-c2[c-]cc(-c3ccccc3)c3c2sc2c(-c4ccccc4)cccc23)c1.[Ir]. The van der Waals surface area contributed by atoms with Crippen LogP contribution < -0.4 is 5.19 Å². The van der Waals surface area contributed by atoms with Crippen LogP contribution in [0.5, 0.6) is 0 Å². The van der Waals surface area contributed by atoms with E-state index in [-0.39, 0.29) is 20.1 Å². The molecule has 55 heavy (non-hydrogen) atoms. The van der Waals surface area contributed by atoms with Gasteiger partial charge in [-0.1, -0.05) is 166 Å². The molecule has 5 heteroatoms. The van der Waals surface area contributed by atoms with E-state index in [9.17, 15) is 0 Å². The Morgan fingerprint density at radius 2 is 1.36 bits per heavy atom. The molecule has 0 spiro atoms. The monoisotopic (exact) mass is 929 g/mol. The van der Waals surface area contributed by atoms with Gasteiger partial charge in [0.2, 0.25) is 0 Å². The van der Waals surface area contributed by atoms with Crippen molar-refractivity contribution in [1.29, 1.82) is 0 Å². The zero-order chi connectivity index (χ0) is 37.8. The van der Waals surface area contributed by atoms with Crippen LogP contribution in [0.1, 0.15) is 44.7 Å². The van der Waals surface area contributed by atoms with Crippen molar-refractivity contribution < 1.29 is 20.1 Å². The van der Waals surface area contributed by atoms with Gasteiger partial charge < -0.3 is 9.97 Å². The first kappa shape index (κ1) is 40.2. The van der Waals surface area contributed by atoms with Crippen molar-refractivity contribution in [2.24, 2.45) is 5.92 Å². The van der Waals surface area contributed by atoms with Crippen LogP contribution in [0.4, 0.5) is 0 Å². The average Bonchev–Trinajstić information content (AvgIpc) is 3.58. The Balaban J connectivity index is 0.000000211. The molecular formula is C50H48IrN2SSi-2. The zero-order valence-corrected chi connectivity index (χ0v) is 37.0. The minimum absolute atomic E-state index is 0. The van der Waals surface area contributed by atoms with E-state index in [1.54, 1.807) is 0 Å². The largest absolute Gasteiger partial charge is 0.305 e. The van der Waals surface area contributed by atoms with Gasteiger partial charge in [0.15, 0.2) is 0 Å². The third kappa shape index (κ3) is 8.98. The molecule has 279 valence electrons. The Kier molecular flexibility index (Phi) is 12.8. The van der Waals surface area contributed by atoms with Gasteiger partial charge in [-0.15, -0.1) is 53.6 Å². The molecule has 0 fully saturated rings. The number of rotatable bonds is 8. The topological polar surface area (TPSA) is 25.8 Å². The Morgan fingerprint density at radius 1 is 0.673 bits per heavy atom. The maximum atomic E-state index is 4.77. The van der Waals surface area contributed by atoms with E-state index in [1.807, 2.05) is 35.7 Å². The van der Waals surface area contributed by atoms with Crippen LogP contribution in [0.15, 0.2) is 140 Å². The van der Waals surface area contributed by atoms with Gasteiger partial charge in [0.25, 0.3) is 0 Å². The van der Waals surface area contributed by atoms with Crippen LogP contribution in [0, 0.1) is 18.1 Å². The normalized spacial score (nSPS) is 11.4. The van der Waals surface area contributed by atoms with Crippen molar-refractivity contribution in [2.45, 2.75) is 59.7 Å². The van der Waals surface area contributed by atoms with Gasteiger partial charge in [-0.25, -0.2) is 0 Å². The van der Waals surface area contributed by atoms with Crippen LogP contribution in [0.2, 0.25) is 19.6 Å². The summed E-state index contributed by atoms with van der Waals surface area (Å²) >= 11 is 1.86. The molecule has 0 saturated heterocycles. The Morgan fingerprint density at radius 3 is 2.00 bits per heavy atom. The molecule has 3 aromatic heterocycles. The van der Waals surface area contributed by atoms with Crippen LogP contribution in [0.25, 0.3) is 64.9 Å². The summed E-state index contributed by atoms with van der Waals surface area (Å²) in [6, 6.07) is 51.7. The predicted molar refractivity (Wildman–Crippen MR) is 236 cm³/mol. The first-order valence-electron chi connectivity index (χ1n) is 19.0. The molecule has 0 aliphatic rings. The third-order valence-corrected chi connectivity index (χ3v) is 13.2. The van der Waals surface area contributed by atoms with Gasteiger partial charge in [-0.05, 0) is 62.1 Å². The van der Waals surface area contributed by atoms with E-state index in [1.165, 1.54) is 58.7 Å². The molecule has 3 heterocycles. The third-order valence-electron chi connectivity index (χ3n) is 9.86. The molecule has 0 saturated carbocycles. The maximum Gasteiger partial charge on any atom is 0.0798 e. The fourth-order valence-corrected chi connectivity index (χ4v) is 10.1. The van der Waals surface area contributed by atoms with Crippen LogP contribution in [0.3, 0.4) is 0 Å². The number of aromatic nitrogens is 2. The average molecular weight is 929 g/mol. The molecule has 2 nitrogen and oxygen atoms in total. The summed E-state index contributed by atoms with van der Waals surface area (Å²) in [6.45, 7) is 16.2. The smallest absolute Gasteiger partial charge is 0.0798 e. The Labute approximate surface area is 346 Å². The summed E-state index contributed by atoms with van der Waals surface area (Å²) in [7, 11) is -1.34. The quantitative estimate of drug-likeness (QED) is 0.112. The molecule has 5 aromatic carbocycles. The first-order valence-corrected chi connectivity index (χ1v) is 23.3. The van der Waals surface area contributed by atoms with E-state index < -0.39 is 8.07 Å². The van der Waals surface area contributed by atoms with Gasteiger partial charge in [0.1, 0.15) is 0 Å². The summed E-state index contributed by atoms with van der Waals surface area (Å²) in [6.07, 6.45) is 5.17. The van der Waals surface area contributed by atoms with Gasteiger partial charge >= 0.3 is 0 Å². The second kappa shape index (κ2) is 17.5. The van der Waals surface area contributed by atoms with Gasteiger partial charge in [-0.3, -0.25) is 0 Å². The zero-order valence-electron chi connectivity index (χ0n) is 32.8. The van der Waals surface area contributed by atoms with E-state index in [2.05, 4.69) is 180 Å². The van der Waals surface area contributed by atoms with Crippen molar-refractivity contribution >= 4 is 44.8 Å². The molecule has 8 rings (SSSR count). The molecule has 1 radical (unpaired) electrons. The van der Waals surface area contributed by atoms with E-state index >= 15 is 0 Å². The van der Waals surface area contributed by atoms with E-state index in [0.717, 1.165) is 28.9 Å². The maximum absolute atomic E-state index is 4.77. The standard InChI is InChI=1S/C32H24NS.C18H24NSi.Ir/c1-21(2)24-18-19-33-29(20-24)27-17-16-25(22-10-5-3-6-11-22)30-28-15-9-14-26(31(28)34-32(27)30)23-12-7-4-8-13-23;1-14(2)11-16-12-17(15-9-7-6-8-10-15)19-13-18(16)20(3,4)5;/h3-16,18-21H,1-2H3;6-9,12-14H,11H2,1-5H3;/q2*-1;. The second-order valence-corrected chi connectivity index (χ2v) is 21.8. The molecule has 8 aromatic rings. The summed E-state index contributed by atoms with van der Waals surface area (Å²) in [5, 5.41) is 4.07. The number of pyridine rings is 2. The molecule has 0 N–H and O–H groups in total. The molecule has 0 unspecified atom stereocenters. The van der Waals surface area contributed by atoms with Gasteiger partial charge in [0.05, 0.1) is 8.07 Å². The van der Waals surface area contributed by atoms with Crippen molar-refractivity contribution in [3.8, 4) is 44.8 Å². The number of fused-ring (bicyclic) bond motifs is 3. The fraction of sp³-hybridized carbons (Fsp3) is 0.200. The van der Waals surface area contributed by atoms with Crippen molar-refractivity contribution in [1.82, 2.24) is 9.97 Å². The first-order chi connectivity index (χ1) is 26.1. The number of hydrogen-bond acceptors (Lipinski definition) is 3. The Bertz CT molecular complexity index is 2500. The summed E-state index contributed by atoms with van der Waals surface area (Å²) in [5.41, 5.74) is 11.9. The van der Waals surface area contributed by atoms with E-state index in [0.29, 0.717) is 11.8 Å². The number of thiophene rings is 1. The number of nitrogens with zero attached hydrogens (tertiary/aromatic N) is 2. The fourth-order valence-electron chi connectivity index (χ4n) is 7.15. The van der Waals surface area contributed by atoms with Crippen molar-refractivity contribution in [2.75, 3.05) is 0 Å². The minimum Gasteiger partial charge on any atom is -0.305 e. The van der Waals surface area contributed by atoms with Crippen molar-refractivity contribution in [3.05, 3.63) is 163 Å². The Hall–Kier alpha value is -4.51. The molecule has 0 aliphatic carbocycles. The molecule has 0 amide bonds. The minimum atomic E-state index is -1.34. The summed E-state index contributed by atoms with van der Waals surface area (Å²) < 4.78 is 2.55. The van der Waals surface area contributed by atoms with Crippen molar-refractivity contribution in [3.63, 3.8) is 0 Å². The molecule has 0 bridgehead atoms. The van der Waals surface area contributed by atoms with Crippen LogP contribution >= 0.6 is 11.3 Å². The van der Waals surface area contributed by atoms with Crippen LogP contribution in [-0.2, 0) is 26.5 Å². The van der Waals surface area contributed by atoms with Gasteiger partial charge in [-0.2, -0.15) is 11.3 Å². The van der Waals surface area contributed by atoms with Crippen LogP contribution in [-0.4, -0.2) is 18.0 Å². The van der Waals surface area contributed by atoms with E-state index in [4.69, 9.17) is 4.98 Å². The second-order valence-electron chi connectivity index (χ2n) is 15.8. The predicted octanol–water partition coefficient (Wildman–Crippen LogP) is 13.7. The molecule has 0 aliphatic heterocycles. The number of hydrogen-bond donors (Lipinski definition) is 0. The molecule has 0 atom stereocenters. The van der Waals surface area contributed by atoms with Gasteiger partial charge in [0, 0.05) is 37.2 Å². The number of benzene rings is 5. The molecular weight excluding hydrogens is 881 g/mol. The summed E-state index contributed by atoms with van der Waals surface area (Å²) in [4.78, 5) is 9.46.